The molecule has 2 aliphatic rings. The minimum Gasteiger partial charge on any atom is -0.465 e. The van der Waals surface area contributed by atoms with Crippen molar-refractivity contribution in [1.82, 2.24) is 9.88 Å². The Kier molecular flexibility index (Phi) is 3.20. The van der Waals surface area contributed by atoms with Crippen LogP contribution >= 0.6 is 0 Å². The van der Waals surface area contributed by atoms with Gasteiger partial charge >= 0.3 is 6.09 Å². The van der Waals surface area contributed by atoms with Gasteiger partial charge in [-0.25, -0.2) is 4.79 Å². The highest BCUT2D eigenvalue weighted by molar-refractivity contribution is 5.67. The second-order valence-corrected chi connectivity index (χ2v) is 7.39. The number of amides is 1. The molecule has 0 aliphatic carbocycles. The van der Waals surface area contributed by atoms with Crippen molar-refractivity contribution < 1.29 is 9.90 Å². The van der Waals surface area contributed by atoms with Crippen LogP contribution in [0.15, 0.2) is 25.0 Å². The fraction of sp³-hybridized carbons (Fsp3) is 0.529. The van der Waals surface area contributed by atoms with Crippen LogP contribution in [-0.2, 0) is 0 Å². The van der Waals surface area contributed by atoms with Crippen molar-refractivity contribution in [1.29, 1.82) is 0 Å². The summed E-state index contributed by atoms with van der Waals surface area (Å²) in [6.07, 6.45) is 4.59. The molecule has 1 aromatic heterocycles. The lowest BCUT2D eigenvalue weighted by atomic mass is 9.58. The fourth-order valence-corrected chi connectivity index (χ4v) is 3.85. The molecule has 1 amide bonds. The SMILES string of the molecule is C=Cc1cncc(N2C[C@]3(C(C)(C)C)CN(C(=O)O)C[C@H]23)c1. The molecular formula is C17H23N3O2. The van der Waals surface area contributed by atoms with E-state index in [4.69, 9.17) is 0 Å². The molecule has 2 atom stereocenters. The van der Waals surface area contributed by atoms with Gasteiger partial charge in [0.15, 0.2) is 0 Å². The van der Waals surface area contributed by atoms with Gasteiger partial charge in [0, 0.05) is 31.2 Å². The summed E-state index contributed by atoms with van der Waals surface area (Å²) in [5.74, 6) is 0. The summed E-state index contributed by atoms with van der Waals surface area (Å²) < 4.78 is 0. The van der Waals surface area contributed by atoms with E-state index in [9.17, 15) is 9.90 Å². The lowest BCUT2D eigenvalue weighted by molar-refractivity contribution is 0.0309. The highest BCUT2D eigenvalue weighted by Gasteiger charge is 2.64. The highest BCUT2D eigenvalue weighted by Crippen LogP contribution is 2.55. The summed E-state index contributed by atoms with van der Waals surface area (Å²) in [6.45, 7) is 12.5. The second-order valence-electron chi connectivity index (χ2n) is 7.39. The summed E-state index contributed by atoms with van der Waals surface area (Å²) in [5, 5.41) is 9.38. The Balaban J connectivity index is 1.92. The topological polar surface area (TPSA) is 56.7 Å². The minimum atomic E-state index is -0.823. The Labute approximate surface area is 131 Å². The van der Waals surface area contributed by atoms with E-state index >= 15 is 0 Å². The molecule has 5 nitrogen and oxygen atoms in total. The molecule has 2 fully saturated rings. The van der Waals surface area contributed by atoms with Gasteiger partial charge < -0.3 is 14.9 Å². The average molecular weight is 301 g/mol. The van der Waals surface area contributed by atoms with Gasteiger partial charge in [-0.15, -0.1) is 0 Å². The van der Waals surface area contributed by atoms with E-state index < -0.39 is 6.09 Å². The zero-order chi connectivity index (χ0) is 16.1. The van der Waals surface area contributed by atoms with E-state index in [1.165, 1.54) is 0 Å². The Bertz CT molecular complexity index is 623. The number of pyridine rings is 1. The highest BCUT2D eigenvalue weighted by atomic mass is 16.4. The van der Waals surface area contributed by atoms with Crippen LogP contribution in [0, 0.1) is 10.8 Å². The maximum Gasteiger partial charge on any atom is 0.407 e. The summed E-state index contributed by atoms with van der Waals surface area (Å²) >= 11 is 0. The van der Waals surface area contributed by atoms with Gasteiger partial charge in [0.2, 0.25) is 0 Å². The predicted octanol–water partition coefficient (Wildman–Crippen LogP) is 2.94. The van der Waals surface area contributed by atoms with Crippen LogP contribution in [0.25, 0.3) is 6.08 Å². The van der Waals surface area contributed by atoms with Gasteiger partial charge in [0.1, 0.15) is 0 Å². The van der Waals surface area contributed by atoms with Crippen LogP contribution in [0.4, 0.5) is 10.5 Å². The van der Waals surface area contributed by atoms with Crippen molar-refractivity contribution in [2.24, 2.45) is 10.8 Å². The summed E-state index contributed by atoms with van der Waals surface area (Å²) in [5.41, 5.74) is 2.10. The summed E-state index contributed by atoms with van der Waals surface area (Å²) in [4.78, 5) is 19.5. The molecule has 22 heavy (non-hydrogen) atoms. The Hall–Kier alpha value is -2.04. The first kappa shape index (κ1) is 14.9. The monoisotopic (exact) mass is 301 g/mol. The van der Waals surface area contributed by atoms with Crippen molar-refractivity contribution in [3.05, 3.63) is 30.6 Å². The standard InChI is InChI=1S/C17H23N3O2/c1-5-12-6-13(8-18-7-12)20-11-17(16(2,3)4)10-19(15(21)22)9-14(17)20/h5-8,14H,1,9-11H2,2-4H3,(H,21,22)/t14-,17+/m0/s1. The Morgan fingerprint density at radius 1 is 1.45 bits per heavy atom. The van der Waals surface area contributed by atoms with Crippen LogP contribution in [0.5, 0.6) is 0 Å². The number of carbonyl (C=O) groups is 1. The van der Waals surface area contributed by atoms with E-state index in [2.05, 4.69) is 43.3 Å². The van der Waals surface area contributed by atoms with Gasteiger partial charge in [0.05, 0.1) is 17.9 Å². The van der Waals surface area contributed by atoms with Crippen LogP contribution in [0.3, 0.4) is 0 Å². The minimum absolute atomic E-state index is 0.00950. The molecule has 0 bridgehead atoms. The number of carboxylic acid groups (broad SMARTS) is 1. The number of nitrogens with zero attached hydrogens (tertiary/aromatic N) is 3. The predicted molar refractivity (Wildman–Crippen MR) is 86.9 cm³/mol. The first-order chi connectivity index (χ1) is 10.3. The number of likely N-dealkylation sites (tertiary alicyclic amines) is 1. The lowest BCUT2D eigenvalue weighted by Gasteiger charge is -2.60. The number of anilines is 1. The second kappa shape index (κ2) is 4.73. The number of rotatable bonds is 2. The van der Waals surface area contributed by atoms with E-state index in [1.807, 2.05) is 6.20 Å². The van der Waals surface area contributed by atoms with Crippen molar-refractivity contribution in [3.8, 4) is 0 Å². The molecule has 3 heterocycles. The van der Waals surface area contributed by atoms with Gasteiger partial charge in [0.25, 0.3) is 0 Å². The molecular weight excluding hydrogens is 278 g/mol. The van der Waals surface area contributed by atoms with Crippen molar-refractivity contribution >= 4 is 17.9 Å². The van der Waals surface area contributed by atoms with Gasteiger partial charge in [-0.1, -0.05) is 33.4 Å². The number of fused-ring (bicyclic) bond motifs is 1. The molecule has 0 aromatic carbocycles. The van der Waals surface area contributed by atoms with E-state index in [0.29, 0.717) is 13.1 Å². The van der Waals surface area contributed by atoms with Crippen LogP contribution in [0.1, 0.15) is 26.3 Å². The summed E-state index contributed by atoms with van der Waals surface area (Å²) in [7, 11) is 0. The zero-order valence-corrected chi connectivity index (χ0v) is 13.4. The average Bonchev–Trinajstić information content (AvgIpc) is 2.74. The largest absolute Gasteiger partial charge is 0.465 e. The van der Waals surface area contributed by atoms with E-state index in [0.717, 1.165) is 17.8 Å². The molecule has 0 saturated carbocycles. The number of hydrogen-bond acceptors (Lipinski definition) is 3. The first-order valence-corrected chi connectivity index (χ1v) is 7.60. The van der Waals surface area contributed by atoms with Crippen LogP contribution < -0.4 is 4.90 Å². The maximum atomic E-state index is 11.4. The Morgan fingerprint density at radius 2 is 2.18 bits per heavy atom. The van der Waals surface area contributed by atoms with Crippen molar-refractivity contribution in [2.75, 3.05) is 24.5 Å². The molecule has 5 heteroatoms. The molecule has 0 radical (unpaired) electrons. The van der Waals surface area contributed by atoms with Crippen LogP contribution in [0.2, 0.25) is 0 Å². The third-order valence-electron chi connectivity index (χ3n) is 5.41. The number of hydrogen-bond donors (Lipinski definition) is 1. The van der Waals surface area contributed by atoms with Gasteiger partial charge in [-0.05, 0) is 17.0 Å². The molecule has 0 unspecified atom stereocenters. The maximum absolute atomic E-state index is 11.4. The van der Waals surface area contributed by atoms with Gasteiger partial charge in [-0.2, -0.15) is 0 Å². The molecule has 2 aliphatic heterocycles. The molecule has 3 rings (SSSR count). The van der Waals surface area contributed by atoms with E-state index in [1.54, 1.807) is 17.2 Å². The lowest BCUT2D eigenvalue weighted by Crippen LogP contribution is -2.69. The quantitative estimate of drug-likeness (QED) is 0.912. The first-order valence-electron chi connectivity index (χ1n) is 7.60. The van der Waals surface area contributed by atoms with Gasteiger partial charge in [-0.3, -0.25) is 4.98 Å². The van der Waals surface area contributed by atoms with E-state index in [-0.39, 0.29) is 16.9 Å². The summed E-state index contributed by atoms with van der Waals surface area (Å²) in [6, 6.07) is 2.28. The molecule has 2 saturated heterocycles. The molecule has 0 spiro atoms. The molecule has 1 aromatic rings. The third-order valence-corrected chi connectivity index (χ3v) is 5.41. The van der Waals surface area contributed by atoms with Crippen molar-refractivity contribution in [3.63, 3.8) is 0 Å². The number of aromatic nitrogens is 1. The smallest absolute Gasteiger partial charge is 0.407 e. The molecule has 1 N–H and O–H groups in total. The normalized spacial score (nSPS) is 27.3. The zero-order valence-electron chi connectivity index (χ0n) is 13.4. The third kappa shape index (κ3) is 1.99. The Morgan fingerprint density at radius 3 is 2.77 bits per heavy atom. The van der Waals surface area contributed by atoms with Crippen LogP contribution in [-0.4, -0.2) is 46.8 Å². The fourth-order valence-electron chi connectivity index (χ4n) is 3.85. The molecule has 118 valence electrons. The van der Waals surface area contributed by atoms with Crippen molar-refractivity contribution in [2.45, 2.75) is 26.8 Å².